The lowest BCUT2D eigenvalue weighted by molar-refractivity contribution is -0.386. The van der Waals surface area contributed by atoms with Gasteiger partial charge in [-0.25, -0.2) is 9.78 Å². The van der Waals surface area contributed by atoms with E-state index in [0.717, 1.165) is 12.1 Å². The molecule has 0 saturated carbocycles. The normalized spacial score (nSPS) is 11.2. The first-order valence-corrected chi connectivity index (χ1v) is 5.86. The van der Waals surface area contributed by atoms with Gasteiger partial charge in [0.1, 0.15) is 6.61 Å². The number of hydrogen-bond acceptors (Lipinski definition) is 6. The maximum Gasteiger partial charge on any atom is 0.354 e. The summed E-state index contributed by atoms with van der Waals surface area (Å²) in [6.07, 6.45) is 0. The van der Waals surface area contributed by atoms with Crippen molar-refractivity contribution in [2.75, 3.05) is 13.2 Å². The van der Waals surface area contributed by atoms with Crippen LogP contribution in [0.15, 0.2) is 12.1 Å². The third kappa shape index (κ3) is 4.81. The van der Waals surface area contributed by atoms with Gasteiger partial charge in [-0.3, -0.25) is 10.1 Å². The second-order valence-corrected chi connectivity index (χ2v) is 4.89. The number of carboxylic acids is 1. The Kier molecular flexibility index (Phi) is 4.98. The van der Waals surface area contributed by atoms with E-state index in [1.807, 2.05) is 20.8 Å². The standard InChI is InChI=1S/C12H16N2O6/c1-12(2,3)20-7-6-19-10-9(14(17)18)5-4-8(13-10)11(15)16/h4-5H,6-7H2,1-3H3,(H,15,16). The highest BCUT2D eigenvalue weighted by Gasteiger charge is 2.20. The lowest BCUT2D eigenvalue weighted by atomic mass is 10.2. The molecule has 0 aliphatic rings. The Bertz CT molecular complexity index is 509. The van der Waals surface area contributed by atoms with Gasteiger partial charge in [0.15, 0.2) is 5.69 Å². The van der Waals surface area contributed by atoms with Crippen molar-refractivity contribution < 1.29 is 24.3 Å². The number of carbonyl (C=O) groups is 1. The zero-order valence-electron chi connectivity index (χ0n) is 11.5. The Morgan fingerprint density at radius 3 is 2.55 bits per heavy atom. The molecule has 0 amide bonds. The van der Waals surface area contributed by atoms with Crippen LogP contribution in [0.1, 0.15) is 31.3 Å². The van der Waals surface area contributed by atoms with Crippen LogP contribution in [-0.4, -0.2) is 39.8 Å². The van der Waals surface area contributed by atoms with E-state index < -0.39 is 10.9 Å². The van der Waals surface area contributed by atoms with Crippen molar-refractivity contribution in [1.29, 1.82) is 0 Å². The summed E-state index contributed by atoms with van der Waals surface area (Å²) in [6.45, 7) is 5.82. The average Bonchev–Trinajstić information content (AvgIpc) is 2.33. The third-order valence-corrected chi connectivity index (χ3v) is 2.11. The Morgan fingerprint density at radius 2 is 2.05 bits per heavy atom. The van der Waals surface area contributed by atoms with E-state index in [-0.39, 0.29) is 36.1 Å². The van der Waals surface area contributed by atoms with Gasteiger partial charge in [0.2, 0.25) is 0 Å². The van der Waals surface area contributed by atoms with E-state index in [1.54, 1.807) is 0 Å². The van der Waals surface area contributed by atoms with Crippen LogP contribution < -0.4 is 4.74 Å². The van der Waals surface area contributed by atoms with Crippen molar-refractivity contribution in [2.45, 2.75) is 26.4 Å². The summed E-state index contributed by atoms with van der Waals surface area (Å²) in [5.74, 6) is -1.61. The zero-order valence-corrected chi connectivity index (χ0v) is 11.5. The van der Waals surface area contributed by atoms with Crippen molar-refractivity contribution in [1.82, 2.24) is 4.98 Å². The van der Waals surface area contributed by atoms with Crippen LogP contribution in [0.3, 0.4) is 0 Å². The summed E-state index contributed by atoms with van der Waals surface area (Å²) in [4.78, 5) is 24.5. The van der Waals surface area contributed by atoms with Gasteiger partial charge >= 0.3 is 11.7 Å². The van der Waals surface area contributed by atoms with Crippen molar-refractivity contribution in [3.8, 4) is 5.88 Å². The topological polar surface area (TPSA) is 112 Å². The molecule has 8 heteroatoms. The fourth-order valence-corrected chi connectivity index (χ4v) is 1.28. The second kappa shape index (κ2) is 6.29. The Hall–Kier alpha value is -2.22. The van der Waals surface area contributed by atoms with Crippen LogP contribution in [0.5, 0.6) is 5.88 Å². The van der Waals surface area contributed by atoms with Crippen LogP contribution >= 0.6 is 0 Å². The minimum Gasteiger partial charge on any atom is -0.477 e. The Labute approximate surface area is 115 Å². The molecular formula is C12H16N2O6. The van der Waals surface area contributed by atoms with Gasteiger partial charge in [-0.05, 0) is 26.8 Å². The molecule has 0 fully saturated rings. The fourth-order valence-electron chi connectivity index (χ4n) is 1.28. The van der Waals surface area contributed by atoms with Crippen molar-refractivity contribution in [3.05, 3.63) is 27.9 Å². The molecule has 0 atom stereocenters. The molecule has 0 aliphatic carbocycles. The van der Waals surface area contributed by atoms with Gasteiger partial charge in [0.05, 0.1) is 17.1 Å². The monoisotopic (exact) mass is 284 g/mol. The highest BCUT2D eigenvalue weighted by molar-refractivity contribution is 5.85. The summed E-state index contributed by atoms with van der Waals surface area (Å²) < 4.78 is 10.5. The number of aromatic nitrogens is 1. The predicted octanol–water partition coefficient (Wildman–Crippen LogP) is 1.88. The maximum atomic E-state index is 10.8. The summed E-state index contributed by atoms with van der Waals surface area (Å²) in [6, 6.07) is 2.11. The molecule has 1 heterocycles. The first kappa shape index (κ1) is 15.8. The van der Waals surface area contributed by atoms with Crippen LogP contribution in [0.2, 0.25) is 0 Å². The first-order valence-electron chi connectivity index (χ1n) is 5.86. The minimum absolute atomic E-state index is 0.0359. The molecule has 1 rings (SSSR count). The fraction of sp³-hybridized carbons (Fsp3) is 0.500. The molecule has 20 heavy (non-hydrogen) atoms. The molecular weight excluding hydrogens is 268 g/mol. The first-order chi connectivity index (χ1) is 9.20. The van der Waals surface area contributed by atoms with E-state index in [4.69, 9.17) is 14.6 Å². The largest absolute Gasteiger partial charge is 0.477 e. The molecule has 110 valence electrons. The minimum atomic E-state index is -1.28. The van der Waals surface area contributed by atoms with Crippen molar-refractivity contribution in [2.24, 2.45) is 0 Å². The number of ether oxygens (including phenoxy) is 2. The molecule has 0 aromatic carbocycles. The number of rotatable bonds is 6. The summed E-state index contributed by atoms with van der Waals surface area (Å²) >= 11 is 0. The van der Waals surface area contributed by atoms with Crippen LogP contribution in [0.4, 0.5) is 5.69 Å². The number of aromatic carboxylic acids is 1. The number of nitro groups is 1. The number of carboxylic acid groups (broad SMARTS) is 1. The van der Waals surface area contributed by atoms with Crippen LogP contribution in [-0.2, 0) is 4.74 Å². The highest BCUT2D eigenvalue weighted by atomic mass is 16.6. The molecule has 0 radical (unpaired) electrons. The smallest absolute Gasteiger partial charge is 0.354 e. The zero-order chi connectivity index (χ0) is 15.3. The SMILES string of the molecule is CC(C)(C)OCCOc1nc(C(=O)O)ccc1[N+](=O)[O-]. The lowest BCUT2D eigenvalue weighted by Crippen LogP contribution is -2.22. The van der Waals surface area contributed by atoms with Gasteiger partial charge in [-0.1, -0.05) is 0 Å². The number of pyridine rings is 1. The van der Waals surface area contributed by atoms with Crippen molar-refractivity contribution in [3.63, 3.8) is 0 Å². The molecule has 8 nitrogen and oxygen atoms in total. The summed E-state index contributed by atoms with van der Waals surface area (Å²) in [5, 5.41) is 19.6. The molecule has 0 saturated heterocycles. The molecule has 1 N–H and O–H groups in total. The Morgan fingerprint density at radius 1 is 1.40 bits per heavy atom. The Balaban J connectivity index is 2.78. The van der Waals surface area contributed by atoms with Gasteiger partial charge in [-0.15, -0.1) is 0 Å². The highest BCUT2D eigenvalue weighted by Crippen LogP contribution is 2.24. The van der Waals surface area contributed by atoms with Gasteiger partial charge in [-0.2, -0.15) is 0 Å². The van der Waals surface area contributed by atoms with Gasteiger partial charge in [0.25, 0.3) is 5.88 Å². The second-order valence-electron chi connectivity index (χ2n) is 4.89. The molecule has 0 spiro atoms. The van der Waals surface area contributed by atoms with E-state index in [9.17, 15) is 14.9 Å². The lowest BCUT2D eigenvalue weighted by Gasteiger charge is -2.19. The summed E-state index contributed by atoms with van der Waals surface area (Å²) in [5.41, 5.74) is -1.06. The average molecular weight is 284 g/mol. The van der Waals surface area contributed by atoms with E-state index in [2.05, 4.69) is 4.98 Å². The molecule has 0 bridgehead atoms. The van der Waals surface area contributed by atoms with E-state index >= 15 is 0 Å². The third-order valence-electron chi connectivity index (χ3n) is 2.11. The molecule has 0 unspecified atom stereocenters. The summed E-state index contributed by atoms with van der Waals surface area (Å²) in [7, 11) is 0. The van der Waals surface area contributed by atoms with Crippen molar-refractivity contribution >= 4 is 11.7 Å². The quantitative estimate of drug-likeness (QED) is 0.482. The van der Waals surface area contributed by atoms with E-state index in [1.165, 1.54) is 0 Å². The molecule has 0 aliphatic heterocycles. The van der Waals surface area contributed by atoms with Crippen LogP contribution in [0.25, 0.3) is 0 Å². The number of nitrogens with zero attached hydrogens (tertiary/aromatic N) is 2. The molecule has 1 aromatic heterocycles. The van der Waals surface area contributed by atoms with Gasteiger partial charge < -0.3 is 14.6 Å². The number of hydrogen-bond donors (Lipinski definition) is 1. The van der Waals surface area contributed by atoms with Crippen LogP contribution in [0, 0.1) is 10.1 Å². The molecule has 1 aromatic rings. The maximum absolute atomic E-state index is 10.8. The predicted molar refractivity (Wildman–Crippen MR) is 69.1 cm³/mol. The van der Waals surface area contributed by atoms with E-state index in [0.29, 0.717) is 0 Å². The van der Waals surface area contributed by atoms with Gasteiger partial charge in [0, 0.05) is 6.07 Å².